The maximum Gasteiger partial charge on any atom is 0.167 e. The fourth-order valence-corrected chi connectivity index (χ4v) is 0.358. The Morgan fingerprint density at radius 2 is 1.78 bits per heavy atom. The first kappa shape index (κ1) is 8.08. The predicted octanol–water partition coefficient (Wildman–Crippen LogP) is 1.56. The van der Waals surface area contributed by atoms with Gasteiger partial charge in [-0.15, -0.1) is 0 Å². The lowest BCUT2D eigenvalue weighted by Gasteiger charge is -1.96. The van der Waals surface area contributed by atoms with E-state index in [0.29, 0.717) is 6.29 Å². The van der Waals surface area contributed by atoms with Crippen LogP contribution in [-0.4, -0.2) is 12.0 Å². The number of hydrogen-bond acceptors (Lipinski definition) is 2. The first-order valence-corrected chi connectivity index (χ1v) is 2.77. The van der Waals surface area contributed by atoms with E-state index in [1.165, 1.54) is 0 Å². The number of carbonyl (C=O) groups is 1. The smallest absolute Gasteiger partial charge is 0.167 e. The summed E-state index contributed by atoms with van der Waals surface area (Å²) in [7, 11) is 0. The molecule has 0 fully saturated rings. The Morgan fingerprint density at radius 3 is 1.89 bits per heavy atom. The van der Waals surface area contributed by atoms with Crippen LogP contribution in [0.2, 0.25) is 0 Å². The van der Waals surface area contributed by atoms with Gasteiger partial charge in [-0.2, -0.15) is 0 Å². The third-order valence-electron chi connectivity index (χ3n) is 1.27. The molecule has 0 saturated carbocycles. The average molecular weight is 125 g/mol. The van der Waals surface area contributed by atoms with Gasteiger partial charge >= 0.3 is 0 Å². The Balaban J connectivity index is 4.39. The second-order valence-electron chi connectivity index (χ2n) is 2.16. The van der Waals surface area contributed by atoms with Crippen LogP contribution < -0.4 is 0 Å². The van der Waals surface area contributed by atoms with Crippen molar-refractivity contribution >= 4 is 12.0 Å². The second kappa shape index (κ2) is 3.17. The monoisotopic (exact) mass is 125 g/mol. The van der Waals surface area contributed by atoms with Gasteiger partial charge in [-0.05, 0) is 26.3 Å². The molecule has 0 aliphatic heterocycles. The van der Waals surface area contributed by atoms with E-state index in [1.807, 2.05) is 13.8 Å². The van der Waals surface area contributed by atoms with Crippen molar-refractivity contribution in [3.63, 3.8) is 0 Å². The summed E-state index contributed by atoms with van der Waals surface area (Å²) < 4.78 is 0. The Bertz CT molecular complexity index is 164. The highest BCUT2D eigenvalue weighted by atomic mass is 16.1. The Kier molecular flexibility index (Phi) is 2.85. The van der Waals surface area contributed by atoms with Gasteiger partial charge in [-0.1, -0.05) is 5.57 Å². The minimum atomic E-state index is 0.0787. The molecular weight excluding hydrogens is 114 g/mol. The highest BCUT2D eigenvalue weighted by Crippen LogP contribution is 2.00. The molecule has 1 N–H and O–H groups in total. The Labute approximate surface area is 55.1 Å². The number of allylic oxidation sites excluding steroid dienone is 2. The maximum absolute atomic E-state index is 9.99. The molecule has 9 heavy (non-hydrogen) atoms. The number of carbonyl (C=O) groups excluding carboxylic acids is 1. The van der Waals surface area contributed by atoms with E-state index in [2.05, 4.69) is 0 Å². The second-order valence-corrected chi connectivity index (χ2v) is 2.16. The fourth-order valence-electron chi connectivity index (χ4n) is 0.358. The van der Waals surface area contributed by atoms with E-state index in [0.717, 1.165) is 11.1 Å². The number of aldehydes is 1. The molecule has 0 amide bonds. The van der Waals surface area contributed by atoms with Crippen molar-refractivity contribution in [3.05, 3.63) is 11.1 Å². The van der Waals surface area contributed by atoms with Gasteiger partial charge in [0, 0.05) is 0 Å². The van der Waals surface area contributed by atoms with Crippen molar-refractivity contribution in [2.45, 2.75) is 20.8 Å². The van der Waals surface area contributed by atoms with Crippen LogP contribution in [0.15, 0.2) is 11.1 Å². The molecule has 50 valence electrons. The predicted molar refractivity (Wildman–Crippen MR) is 37.8 cm³/mol. The van der Waals surface area contributed by atoms with Crippen molar-refractivity contribution in [1.29, 1.82) is 5.41 Å². The van der Waals surface area contributed by atoms with Crippen molar-refractivity contribution < 1.29 is 4.79 Å². The molecule has 0 aromatic rings. The van der Waals surface area contributed by atoms with Gasteiger partial charge in [0.25, 0.3) is 0 Å². The van der Waals surface area contributed by atoms with Gasteiger partial charge in [-0.25, -0.2) is 0 Å². The molecule has 0 radical (unpaired) electrons. The van der Waals surface area contributed by atoms with E-state index < -0.39 is 0 Å². The van der Waals surface area contributed by atoms with Crippen molar-refractivity contribution in [3.8, 4) is 0 Å². The summed E-state index contributed by atoms with van der Waals surface area (Å²) in [6.45, 7) is 5.53. The number of nitrogens with one attached hydrogen (secondary N) is 1. The standard InChI is InChI=1S/C7H11NO/c1-5(2)6(3)7(8)4-9/h4,8H,1-3H3. The zero-order valence-corrected chi connectivity index (χ0v) is 5.99. The van der Waals surface area contributed by atoms with E-state index in [1.54, 1.807) is 6.92 Å². The summed E-state index contributed by atoms with van der Waals surface area (Å²) in [5.74, 6) is 0. The summed E-state index contributed by atoms with van der Waals surface area (Å²) in [6, 6.07) is 0. The highest BCUT2D eigenvalue weighted by molar-refractivity contribution is 6.34. The van der Waals surface area contributed by atoms with Crippen LogP contribution in [0.1, 0.15) is 20.8 Å². The van der Waals surface area contributed by atoms with E-state index in [4.69, 9.17) is 5.41 Å². The third-order valence-corrected chi connectivity index (χ3v) is 1.27. The van der Waals surface area contributed by atoms with E-state index in [-0.39, 0.29) is 5.71 Å². The summed E-state index contributed by atoms with van der Waals surface area (Å²) >= 11 is 0. The van der Waals surface area contributed by atoms with Crippen molar-refractivity contribution in [2.24, 2.45) is 0 Å². The zero-order chi connectivity index (χ0) is 7.44. The molecule has 0 aromatic heterocycles. The topological polar surface area (TPSA) is 40.9 Å². The van der Waals surface area contributed by atoms with Gasteiger partial charge in [0.2, 0.25) is 0 Å². The van der Waals surface area contributed by atoms with E-state index in [9.17, 15) is 4.79 Å². The molecule has 0 aliphatic rings. The normalized spacial score (nSPS) is 8.33. The molecule has 0 aliphatic carbocycles. The molecule has 0 atom stereocenters. The summed E-state index contributed by atoms with van der Waals surface area (Å²) in [6.07, 6.45) is 0.558. The van der Waals surface area contributed by atoms with Gasteiger partial charge in [-0.3, -0.25) is 10.2 Å². The molecule has 0 aromatic carbocycles. The quantitative estimate of drug-likeness (QED) is 0.441. The first-order valence-electron chi connectivity index (χ1n) is 2.77. The minimum absolute atomic E-state index is 0.0787. The molecule has 0 rings (SSSR count). The van der Waals surface area contributed by atoms with Crippen LogP contribution in [0.3, 0.4) is 0 Å². The molecule has 0 saturated heterocycles. The Morgan fingerprint density at radius 1 is 1.33 bits per heavy atom. The van der Waals surface area contributed by atoms with E-state index >= 15 is 0 Å². The lowest BCUT2D eigenvalue weighted by molar-refractivity contribution is -0.102. The number of hydrogen-bond donors (Lipinski definition) is 1. The summed E-state index contributed by atoms with van der Waals surface area (Å²) in [5.41, 5.74) is 1.87. The Hall–Kier alpha value is -0.920. The molecule has 2 heteroatoms. The lowest BCUT2D eigenvalue weighted by atomic mass is 10.1. The van der Waals surface area contributed by atoms with Crippen molar-refractivity contribution in [1.82, 2.24) is 0 Å². The zero-order valence-electron chi connectivity index (χ0n) is 5.99. The molecule has 0 heterocycles. The molecule has 0 unspecified atom stereocenters. The number of rotatable bonds is 2. The lowest BCUT2D eigenvalue weighted by Crippen LogP contribution is -1.99. The van der Waals surface area contributed by atoms with Gasteiger partial charge in [0.05, 0.1) is 5.71 Å². The summed E-state index contributed by atoms with van der Waals surface area (Å²) in [4.78, 5) is 9.99. The van der Waals surface area contributed by atoms with Crippen LogP contribution in [-0.2, 0) is 4.79 Å². The van der Waals surface area contributed by atoms with Crippen LogP contribution in [0, 0.1) is 5.41 Å². The maximum atomic E-state index is 9.99. The van der Waals surface area contributed by atoms with Gasteiger partial charge < -0.3 is 0 Å². The average Bonchev–Trinajstić information content (AvgIpc) is 1.84. The van der Waals surface area contributed by atoms with Crippen molar-refractivity contribution in [2.75, 3.05) is 0 Å². The molecular formula is C7H11NO. The summed E-state index contributed by atoms with van der Waals surface area (Å²) in [5, 5.41) is 7.05. The molecule has 0 bridgehead atoms. The van der Waals surface area contributed by atoms with Crippen LogP contribution in [0.5, 0.6) is 0 Å². The van der Waals surface area contributed by atoms with Crippen LogP contribution in [0.4, 0.5) is 0 Å². The SMILES string of the molecule is CC(C)=C(C)C(=N)C=O. The fraction of sp³-hybridized carbons (Fsp3) is 0.429. The molecule has 2 nitrogen and oxygen atoms in total. The largest absolute Gasteiger partial charge is 0.297 e. The first-order chi connectivity index (χ1) is 4.09. The van der Waals surface area contributed by atoms with Crippen LogP contribution in [0.25, 0.3) is 0 Å². The molecule has 0 spiro atoms. The highest BCUT2D eigenvalue weighted by Gasteiger charge is 1.96. The minimum Gasteiger partial charge on any atom is -0.297 e. The van der Waals surface area contributed by atoms with Gasteiger partial charge in [0.1, 0.15) is 0 Å². The third kappa shape index (κ3) is 2.22. The van der Waals surface area contributed by atoms with Gasteiger partial charge in [0.15, 0.2) is 6.29 Å². The van der Waals surface area contributed by atoms with Crippen LogP contribution >= 0.6 is 0 Å².